The van der Waals surface area contributed by atoms with Crippen molar-refractivity contribution in [1.29, 1.82) is 0 Å². The van der Waals surface area contributed by atoms with E-state index in [9.17, 15) is 0 Å². The van der Waals surface area contributed by atoms with Gasteiger partial charge >= 0.3 is 0 Å². The van der Waals surface area contributed by atoms with Gasteiger partial charge in [0.25, 0.3) is 0 Å². The summed E-state index contributed by atoms with van der Waals surface area (Å²) in [5.74, 6) is 0. The molecule has 0 bridgehead atoms. The number of rotatable bonds is 1. The zero-order valence-corrected chi connectivity index (χ0v) is 11.3. The third kappa shape index (κ3) is 1.87. The Labute approximate surface area is 98.3 Å². The summed E-state index contributed by atoms with van der Waals surface area (Å²) in [6.45, 7) is 9.63. The monoisotopic (exact) mass is 225 g/mol. The van der Waals surface area contributed by atoms with Crippen molar-refractivity contribution in [2.24, 2.45) is 0 Å². The Morgan fingerprint density at radius 2 is 2.00 bits per heavy atom. The van der Waals surface area contributed by atoms with Crippen molar-refractivity contribution < 1.29 is 0 Å². The van der Waals surface area contributed by atoms with Gasteiger partial charge in [-0.25, -0.2) is 0 Å². The Kier molecular flexibility index (Phi) is 3.18. The average Bonchev–Trinajstić information content (AvgIpc) is 2.44. The minimum Gasteiger partial charge on any atom is -0.306 e. The van der Waals surface area contributed by atoms with Crippen LogP contribution in [0.2, 0.25) is 0 Å². The zero-order chi connectivity index (χ0) is 11.1. The van der Waals surface area contributed by atoms with Crippen LogP contribution in [-0.2, 0) is 0 Å². The van der Waals surface area contributed by atoms with Crippen LogP contribution in [0.15, 0.2) is 11.1 Å². The zero-order valence-electron chi connectivity index (χ0n) is 10.5. The molecule has 1 saturated heterocycles. The van der Waals surface area contributed by atoms with Gasteiger partial charge in [-0.05, 0) is 53.2 Å². The van der Waals surface area contributed by atoms with E-state index in [4.69, 9.17) is 0 Å². The van der Waals surface area contributed by atoms with Crippen molar-refractivity contribution in [2.45, 2.75) is 50.0 Å². The van der Waals surface area contributed by atoms with Gasteiger partial charge in [-0.3, -0.25) is 0 Å². The summed E-state index contributed by atoms with van der Waals surface area (Å²) in [5, 5.41) is 0.762. The van der Waals surface area contributed by atoms with Gasteiger partial charge in [-0.2, -0.15) is 0 Å². The minimum absolute atomic E-state index is 0.511. The molecule has 2 heterocycles. The Hall–Kier alpha value is 0.0500. The molecule has 0 amide bonds. The van der Waals surface area contributed by atoms with E-state index in [-0.39, 0.29) is 0 Å². The molecule has 1 unspecified atom stereocenters. The van der Waals surface area contributed by atoms with Gasteiger partial charge in [0.15, 0.2) is 0 Å². The SMILES string of the molecule is CCC1=C(C)C2(CCN(C)CC2)SC1C. The van der Waals surface area contributed by atoms with E-state index < -0.39 is 0 Å². The fourth-order valence-corrected chi connectivity index (χ4v) is 5.01. The number of hydrogen-bond donors (Lipinski definition) is 0. The Morgan fingerprint density at radius 1 is 1.40 bits per heavy atom. The molecule has 2 aliphatic heterocycles. The van der Waals surface area contributed by atoms with Crippen molar-refractivity contribution in [2.75, 3.05) is 20.1 Å². The fraction of sp³-hybridized carbons (Fsp3) is 0.846. The highest BCUT2D eigenvalue weighted by atomic mass is 32.2. The largest absolute Gasteiger partial charge is 0.306 e. The van der Waals surface area contributed by atoms with E-state index in [1.165, 1.54) is 32.4 Å². The maximum Gasteiger partial charge on any atom is 0.0398 e. The third-order valence-corrected chi connectivity index (χ3v) is 6.04. The van der Waals surface area contributed by atoms with Gasteiger partial charge in [0.2, 0.25) is 0 Å². The summed E-state index contributed by atoms with van der Waals surface area (Å²) in [5.41, 5.74) is 3.44. The normalized spacial score (nSPS) is 31.6. The Balaban J connectivity index is 2.21. The van der Waals surface area contributed by atoms with Gasteiger partial charge in [-0.15, -0.1) is 11.8 Å². The molecule has 1 fully saturated rings. The quantitative estimate of drug-likeness (QED) is 0.630. The highest BCUT2D eigenvalue weighted by Crippen LogP contribution is 2.53. The molecule has 2 heteroatoms. The molecule has 86 valence electrons. The number of nitrogens with zero attached hydrogens (tertiary/aromatic N) is 1. The molecular weight excluding hydrogens is 202 g/mol. The van der Waals surface area contributed by atoms with E-state index in [1.54, 1.807) is 11.1 Å². The smallest absolute Gasteiger partial charge is 0.0398 e. The second-order valence-electron chi connectivity index (χ2n) is 5.06. The number of hydrogen-bond acceptors (Lipinski definition) is 2. The van der Waals surface area contributed by atoms with Crippen LogP contribution in [0.1, 0.15) is 40.0 Å². The summed E-state index contributed by atoms with van der Waals surface area (Å²) in [4.78, 5) is 2.47. The van der Waals surface area contributed by atoms with E-state index in [0.717, 1.165) is 5.25 Å². The maximum absolute atomic E-state index is 2.47. The van der Waals surface area contributed by atoms with Crippen LogP contribution in [0.25, 0.3) is 0 Å². The van der Waals surface area contributed by atoms with Gasteiger partial charge in [0.05, 0.1) is 0 Å². The molecule has 0 aromatic carbocycles. The van der Waals surface area contributed by atoms with Gasteiger partial charge < -0.3 is 4.90 Å². The van der Waals surface area contributed by atoms with Crippen LogP contribution in [0.4, 0.5) is 0 Å². The summed E-state index contributed by atoms with van der Waals surface area (Å²) in [7, 11) is 2.25. The van der Waals surface area contributed by atoms with E-state index in [2.05, 4.69) is 44.5 Å². The van der Waals surface area contributed by atoms with Crippen LogP contribution in [0.3, 0.4) is 0 Å². The number of likely N-dealkylation sites (tertiary alicyclic amines) is 1. The third-order valence-electron chi connectivity index (χ3n) is 4.23. The average molecular weight is 225 g/mol. The fourth-order valence-electron chi connectivity index (χ4n) is 3.12. The molecule has 0 N–H and O–H groups in total. The van der Waals surface area contributed by atoms with Gasteiger partial charge in [0, 0.05) is 10.00 Å². The van der Waals surface area contributed by atoms with Crippen LogP contribution in [0, 0.1) is 0 Å². The molecule has 1 atom stereocenters. The molecule has 0 aliphatic carbocycles. The molecule has 0 aromatic heterocycles. The molecular formula is C13H23NS. The van der Waals surface area contributed by atoms with Crippen molar-refractivity contribution >= 4 is 11.8 Å². The molecule has 0 aromatic rings. The summed E-state index contributed by atoms with van der Waals surface area (Å²) in [6, 6.07) is 0. The van der Waals surface area contributed by atoms with Gasteiger partial charge in [-0.1, -0.05) is 18.1 Å². The van der Waals surface area contributed by atoms with Crippen molar-refractivity contribution in [1.82, 2.24) is 4.90 Å². The van der Waals surface area contributed by atoms with E-state index in [0.29, 0.717) is 4.75 Å². The van der Waals surface area contributed by atoms with Crippen LogP contribution < -0.4 is 0 Å². The molecule has 2 aliphatic rings. The summed E-state index contributed by atoms with van der Waals surface area (Å²) >= 11 is 2.23. The Bertz CT molecular complexity index is 274. The minimum atomic E-state index is 0.511. The first kappa shape index (κ1) is 11.5. The summed E-state index contributed by atoms with van der Waals surface area (Å²) < 4.78 is 0.511. The highest BCUT2D eigenvalue weighted by Gasteiger charge is 2.43. The standard InChI is InChI=1S/C13H23NS/c1-5-12-10(2)13(15-11(12)3)6-8-14(4)9-7-13/h11H,5-9H2,1-4H3. The van der Waals surface area contributed by atoms with Crippen molar-refractivity contribution in [3.05, 3.63) is 11.1 Å². The van der Waals surface area contributed by atoms with E-state index >= 15 is 0 Å². The Morgan fingerprint density at radius 3 is 2.47 bits per heavy atom. The first-order chi connectivity index (χ1) is 7.09. The summed E-state index contributed by atoms with van der Waals surface area (Å²) in [6.07, 6.45) is 3.96. The molecule has 1 spiro atoms. The number of thioether (sulfide) groups is 1. The van der Waals surface area contributed by atoms with Crippen LogP contribution in [-0.4, -0.2) is 35.0 Å². The first-order valence-electron chi connectivity index (χ1n) is 6.15. The molecule has 0 radical (unpaired) electrons. The van der Waals surface area contributed by atoms with E-state index in [1.807, 2.05) is 0 Å². The van der Waals surface area contributed by atoms with Crippen LogP contribution in [0.5, 0.6) is 0 Å². The van der Waals surface area contributed by atoms with Gasteiger partial charge in [0.1, 0.15) is 0 Å². The second kappa shape index (κ2) is 4.14. The molecule has 15 heavy (non-hydrogen) atoms. The highest BCUT2D eigenvalue weighted by molar-refractivity contribution is 8.02. The lowest BCUT2D eigenvalue weighted by molar-refractivity contribution is 0.254. The molecule has 1 nitrogen and oxygen atoms in total. The molecule has 2 rings (SSSR count). The van der Waals surface area contributed by atoms with Crippen molar-refractivity contribution in [3.8, 4) is 0 Å². The predicted molar refractivity (Wildman–Crippen MR) is 69.5 cm³/mol. The van der Waals surface area contributed by atoms with Crippen LogP contribution >= 0.6 is 11.8 Å². The maximum atomic E-state index is 2.47. The first-order valence-corrected chi connectivity index (χ1v) is 7.03. The lowest BCUT2D eigenvalue weighted by Gasteiger charge is -2.38. The predicted octanol–water partition coefficient (Wildman–Crippen LogP) is 3.31. The number of piperidine rings is 1. The topological polar surface area (TPSA) is 3.24 Å². The lowest BCUT2D eigenvalue weighted by Crippen LogP contribution is -2.40. The lowest BCUT2D eigenvalue weighted by atomic mass is 9.85. The molecule has 0 saturated carbocycles. The second-order valence-corrected chi connectivity index (χ2v) is 6.79. The van der Waals surface area contributed by atoms with Crippen molar-refractivity contribution in [3.63, 3.8) is 0 Å².